The highest BCUT2D eigenvalue weighted by Gasteiger charge is 2.15. The van der Waals surface area contributed by atoms with Crippen molar-refractivity contribution in [2.24, 2.45) is 0 Å². The fourth-order valence-electron chi connectivity index (χ4n) is 2.20. The number of ether oxygens (including phenoxy) is 2. The molecular formula is C17H17F2NO3. The summed E-state index contributed by atoms with van der Waals surface area (Å²) in [4.78, 5) is 12.3. The lowest BCUT2D eigenvalue weighted by atomic mass is 10.1. The SMILES string of the molecule is COc1ccccc1[C@H](C)NC(=O)c1cccc(OC(F)F)c1. The second-order valence-corrected chi connectivity index (χ2v) is 4.84. The zero-order valence-corrected chi connectivity index (χ0v) is 12.8. The first-order valence-electron chi connectivity index (χ1n) is 7.00. The van der Waals surface area contributed by atoms with E-state index in [1.165, 1.54) is 24.3 Å². The maximum Gasteiger partial charge on any atom is 0.387 e. The van der Waals surface area contributed by atoms with Gasteiger partial charge in [0.15, 0.2) is 0 Å². The normalized spacial score (nSPS) is 11.9. The van der Waals surface area contributed by atoms with Gasteiger partial charge in [-0.25, -0.2) is 0 Å². The summed E-state index contributed by atoms with van der Waals surface area (Å²) in [6.07, 6.45) is 0. The van der Waals surface area contributed by atoms with Crippen LogP contribution in [-0.2, 0) is 0 Å². The molecule has 0 heterocycles. The molecule has 0 aromatic heterocycles. The smallest absolute Gasteiger partial charge is 0.387 e. The van der Waals surface area contributed by atoms with Crippen LogP contribution in [0.5, 0.6) is 11.5 Å². The molecule has 0 unspecified atom stereocenters. The summed E-state index contributed by atoms with van der Waals surface area (Å²) in [6.45, 7) is -1.12. The van der Waals surface area contributed by atoms with Crippen LogP contribution in [0.3, 0.4) is 0 Å². The van der Waals surface area contributed by atoms with E-state index >= 15 is 0 Å². The summed E-state index contributed by atoms with van der Waals surface area (Å²) < 4.78 is 34.0. The van der Waals surface area contributed by atoms with Gasteiger partial charge in [0.05, 0.1) is 13.2 Å². The van der Waals surface area contributed by atoms with E-state index in [-0.39, 0.29) is 23.3 Å². The predicted octanol–water partition coefficient (Wildman–Crippen LogP) is 3.79. The summed E-state index contributed by atoms with van der Waals surface area (Å²) in [6, 6.07) is 12.7. The van der Waals surface area contributed by atoms with Crippen molar-refractivity contribution in [2.75, 3.05) is 7.11 Å². The number of carbonyl (C=O) groups excluding carboxylic acids is 1. The van der Waals surface area contributed by atoms with Crippen molar-refractivity contribution in [2.45, 2.75) is 19.6 Å². The van der Waals surface area contributed by atoms with E-state index in [1.54, 1.807) is 13.2 Å². The number of amides is 1. The average Bonchev–Trinajstić information content (AvgIpc) is 2.54. The fourth-order valence-corrected chi connectivity index (χ4v) is 2.20. The number of para-hydroxylation sites is 1. The highest BCUT2D eigenvalue weighted by Crippen LogP contribution is 2.25. The van der Waals surface area contributed by atoms with E-state index in [4.69, 9.17) is 4.74 Å². The third kappa shape index (κ3) is 4.42. The van der Waals surface area contributed by atoms with Gasteiger partial charge in [0, 0.05) is 11.1 Å². The molecule has 1 N–H and O–H groups in total. The summed E-state index contributed by atoms with van der Waals surface area (Å²) in [5.41, 5.74) is 1.06. The van der Waals surface area contributed by atoms with Gasteiger partial charge in [-0.3, -0.25) is 4.79 Å². The lowest BCUT2D eigenvalue weighted by molar-refractivity contribution is -0.0498. The number of carbonyl (C=O) groups is 1. The van der Waals surface area contributed by atoms with Gasteiger partial charge in [0.25, 0.3) is 5.91 Å². The van der Waals surface area contributed by atoms with Crippen LogP contribution in [0.4, 0.5) is 8.78 Å². The molecule has 2 aromatic carbocycles. The lowest BCUT2D eigenvalue weighted by Crippen LogP contribution is -2.27. The molecule has 2 aromatic rings. The molecule has 0 aliphatic carbocycles. The Kier molecular flexibility index (Phi) is 5.51. The topological polar surface area (TPSA) is 47.6 Å². The van der Waals surface area contributed by atoms with Crippen molar-refractivity contribution in [1.82, 2.24) is 5.32 Å². The number of rotatable bonds is 6. The molecular weight excluding hydrogens is 304 g/mol. The Bertz CT molecular complexity index is 676. The Labute approximate surface area is 133 Å². The molecule has 6 heteroatoms. The number of halogens is 2. The van der Waals surface area contributed by atoms with Gasteiger partial charge in [-0.1, -0.05) is 24.3 Å². The number of hydrogen-bond acceptors (Lipinski definition) is 3. The first-order chi connectivity index (χ1) is 11.0. The van der Waals surface area contributed by atoms with E-state index < -0.39 is 6.61 Å². The van der Waals surface area contributed by atoms with Crippen LogP contribution in [0.1, 0.15) is 28.9 Å². The van der Waals surface area contributed by atoms with Gasteiger partial charge in [0.1, 0.15) is 11.5 Å². The molecule has 0 saturated carbocycles. The highest BCUT2D eigenvalue weighted by molar-refractivity contribution is 5.94. The van der Waals surface area contributed by atoms with Crippen molar-refractivity contribution in [3.63, 3.8) is 0 Å². The van der Waals surface area contributed by atoms with Crippen LogP contribution < -0.4 is 14.8 Å². The zero-order chi connectivity index (χ0) is 16.8. The van der Waals surface area contributed by atoms with Gasteiger partial charge < -0.3 is 14.8 Å². The number of benzene rings is 2. The Balaban J connectivity index is 2.12. The van der Waals surface area contributed by atoms with Crippen LogP contribution in [0, 0.1) is 0 Å². The highest BCUT2D eigenvalue weighted by atomic mass is 19.3. The Morgan fingerprint density at radius 3 is 2.57 bits per heavy atom. The minimum absolute atomic E-state index is 0.0578. The summed E-state index contributed by atoms with van der Waals surface area (Å²) in [5.74, 6) is 0.218. The molecule has 122 valence electrons. The summed E-state index contributed by atoms with van der Waals surface area (Å²) >= 11 is 0. The monoisotopic (exact) mass is 321 g/mol. The molecule has 0 saturated heterocycles. The van der Waals surface area contributed by atoms with Gasteiger partial charge in [-0.05, 0) is 31.2 Å². The van der Waals surface area contributed by atoms with Crippen molar-refractivity contribution in [1.29, 1.82) is 0 Å². The van der Waals surface area contributed by atoms with Crippen LogP contribution in [0.15, 0.2) is 48.5 Å². The minimum Gasteiger partial charge on any atom is -0.496 e. The van der Waals surface area contributed by atoms with E-state index in [9.17, 15) is 13.6 Å². The van der Waals surface area contributed by atoms with E-state index in [1.807, 2.05) is 25.1 Å². The number of hydrogen-bond donors (Lipinski definition) is 1. The quantitative estimate of drug-likeness (QED) is 0.880. The second-order valence-electron chi connectivity index (χ2n) is 4.84. The first kappa shape index (κ1) is 16.7. The molecule has 1 atom stereocenters. The van der Waals surface area contributed by atoms with Crippen molar-refractivity contribution in [3.8, 4) is 11.5 Å². The Hall–Kier alpha value is -2.63. The number of nitrogens with one attached hydrogen (secondary N) is 1. The fraction of sp³-hybridized carbons (Fsp3) is 0.235. The van der Waals surface area contributed by atoms with Crippen LogP contribution in [-0.4, -0.2) is 19.6 Å². The third-order valence-electron chi connectivity index (χ3n) is 3.27. The molecule has 4 nitrogen and oxygen atoms in total. The molecule has 0 fully saturated rings. The molecule has 1 amide bonds. The van der Waals surface area contributed by atoms with Crippen molar-refractivity contribution in [3.05, 3.63) is 59.7 Å². The molecule has 0 spiro atoms. The lowest BCUT2D eigenvalue weighted by Gasteiger charge is -2.17. The zero-order valence-electron chi connectivity index (χ0n) is 12.8. The second kappa shape index (κ2) is 7.58. The third-order valence-corrected chi connectivity index (χ3v) is 3.27. The molecule has 2 rings (SSSR count). The minimum atomic E-state index is -2.93. The maximum atomic E-state index is 12.3. The Morgan fingerprint density at radius 1 is 1.13 bits per heavy atom. The van der Waals surface area contributed by atoms with Crippen molar-refractivity contribution < 1.29 is 23.0 Å². The van der Waals surface area contributed by atoms with Crippen LogP contribution >= 0.6 is 0 Å². The van der Waals surface area contributed by atoms with E-state index in [0.717, 1.165) is 5.56 Å². The summed E-state index contributed by atoms with van der Waals surface area (Å²) in [5, 5.41) is 2.81. The van der Waals surface area contributed by atoms with Gasteiger partial charge in [0.2, 0.25) is 0 Å². The molecule has 0 aliphatic heterocycles. The number of alkyl halides is 2. The molecule has 0 bridgehead atoms. The Morgan fingerprint density at radius 2 is 1.87 bits per heavy atom. The van der Waals surface area contributed by atoms with E-state index in [0.29, 0.717) is 5.75 Å². The predicted molar refractivity (Wildman–Crippen MR) is 81.9 cm³/mol. The van der Waals surface area contributed by atoms with Gasteiger partial charge in [-0.15, -0.1) is 0 Å². The van der Waals surface area contributed by atoms with Gasteiger partial charge >= 0.3 is 6.61 Å². The molecule has 23 heavy (non-hydrogen) atoms. The van der Waals surface area contributed by atoms with Gasteiger partial charge in [-0.2, -0.15) is 8.78 Å². The molecule has 0 radical (unpaired) electrons. The average molecular weight is 321 g/mol. The maximum absolute atomic E-state index is 12.3. The van der Waals surface area contributed by atoms with Crippen LogP contribution in [0.2, 0.25) is 0 Å². The standard InChI is InChI=1S/C17H17F2NO3/c1-11(14-8-3-4-9-15(14)22-2)20-16(21)12-6-5-7-13(10-12)23-17(18)19/h3-11,17H,1-2H3,(H,20,21)/t11-/m0/s1. The van der Waals surface area contributed by atoms with Crippen molar-refractivity contribution >= 4 is 5.91 Å². The number of methoxy groups -OCH3 is 1. The first-order valence-corrected chi connectivity index (χ1v) is 7.00. The summed E-state index contributed by atoms with van der Waals surface area (Å²) in [7, 11) is 1.55. The molecule has 0 aliphatic rings. The van der Waals surface area contributed by atoms with E-state index in [2.05, 4.69) is 10.1 Å². The van der Waals surface area contributed by atoms with Crippen LogP contribution in [0.25, 0.3) is 0 Å². The largest absolute Gasteiger partial charge is 0.496 e.